The van der Waals surface area contributed by atoms with Gasteiger partial charge in [-0.15, -0.1) is 0 Å². The Kier molecular flexibility index (Phi) is 5.42. The Hall–Kier alpha value is -3.00. The van der Waals surface area contributed by atoms with Gasteiger partial charge in [-0.05, 0) is 19.3 Å². The molecule has 0 saturated carbocycles. The van der Waals surface area contributed by atoms with Gasteiger partial charge in [0, 0.05) is 50.3 Å². The third kappa shape index (κ3) is 3.75. The van der Waals surface area contributed by atoms with E-state index >= 15 is 0 Å². The summed E-state index contributed by atoms with van der Waals surface area (Å²) in [7, 11) is 0. The Morgan fingerprint density at radius 1 is 1.17 bits per heavy atom. The molecule has 2 amide bonds. The zero-order chi connectivity index (χ0) is 21.3. The summed E-state index contributed by atoms with van der Waals surface area (Å²) in [5, 5.41) is 10.8. The molecule has 1 spiro atoms. The van der Waals surface area contributed by atoms with E-state index < -0.39 is 11.5 Å². The van der Waals surface area contributed by atoms with Gasteiger partial charge in [0.25, 0.3) is 5.91 Å². The molecule has 1 aromatic carbocycles. The number of anilines is 1. The van der Waals surface area contributed by atoms with E-state index in [1.54, 1.807) is 16.7 Å². The molecular formula is C22H27N5O3. The number of carbonyl (C=O) groups is 2. The van der Waals surface area contributed by atoms with Gasteiger partial charge in [-0.1, -0.05) is 30.3 Å². The van der Waals surface area contributed by atoms with Crippen molar-refractivity contribution in [2.75, 3.05) is 31.9 Å². The molecule has 2 saturated heterocycles. The molecule has 30 heavy (non-hydrogen) atoms. The van der Waals surface area contributed by atoms with Crippen molar-refractivity contribution >= 4 is 17.8 Å². The summed E-state index contributed by atoms with van der Waals surface area (Å²) in [6, 6.07) is 9.42. The predicted octanol–water partition coefficient (Wildman–Crippen LogP) is 1.56. The summed E-state index contributed by atoms with van der Waals surface area (Å²) in [4.78, 5) is 37.4. The van der Waals surface area contributed by atoms with E-state index in [2.05, 4.69) is 9.97 Å². The van der Waals surface area contributed by atoms with Gasteiger partial charge in [-0.2, -0.15) is 0 Å². The summed E-state index contributed by atoms with van der Waals surface area (Å²) in [5.74, 6) is -0.0663. The third-order valence-electron chi connectivity index (χ3n) is 6.31. The standard InChI is InChI=1S/C22H27N5O3/c1-15(28)26-10-5-9-22(13-26)14-27(11-8-18(22)29)20(30)17-12-24-21(23)25-19(17)16-6-3-2-4-7-16/h2-4,6-7,12,18,29H,5,8-11,13-14H2,1H3,(H2,23,24,25)/t18-,22+/m0/s1. The number of aliphatic hydroxyl groups is 1. The number of piperidine rings is 2. The highest BCUT2D eigenvalue weighted by Crippen LogP contribution is 2.39. The highest BCUT2D eigenvalue weighted by atomic mass is 16.3. The molecule has 3 N–H and O–H groups in total. The second-order valence-electron chi connectivity index (χ2n) is 8.29. The number of benzene rings is 1. The summed E-state index contributed by atoms with van der Waals surface area (Å²) < 4.78 is 0. The van der Waals surface area contributed by atoms with Crippen LogP contribution in [0.3, 0.4) is 0 Å². The van der Waals surface area contributed by atoms with Crippen LogP contribution in [0.5, 0.6) is 0 Å². The maximum absolute atomic E-state index is 13.5. The topological polar surface area (TPSA) is 113 Å². The first-order chi connectivity index (χ1) is 14.4. The first-order valence-corrected chi connectivity index (χ1v) is 10.3. The lowest BCUT2D eigenvalue weighted by molar-refractivity contribution is -0.138. The minimum atomic E-state index is -0.542. The lowest BCUT2D eigenvalue weighted by Gasteiger charge is -2.50. The fourth-order valence-corrected chi connectivity index (χ4v) is 4.69. The summed E-state index contributed by atoms with van der Waals surface area (Å²) >= 11 is 0. The van der Waals surface area contributed by atoms with Gasteiger partial charge >= 0.3 is 0 Å². The van der Waals surface area contributed by atoms with Gasteiger partial charge in [-0.25, -0.2) is 9.97 Å². The second-order valence-corrected chi connectivity index (χ2v) is 8.29. The van der Waals surface area contributed by atoms with E-state index in [1.165, 1.54) is 6.20 Å². The van der Waals surface area contributed by atoms with E-state index in [4.69, 9.17) is 5.73 Å². The Balaban J connectivity index is 1.64. The molecule has 2 fully saturated rings. The van der Waals surface area contributed by atoms with Crippen molar-refractivity contribution in [2.24, 2.45) is 5.41 Å². The van der Waals surface area contributed by atoms with Crippen molar-refractivity contribution in [3.63, 3.8) is 0 Å². The normalized spacial score (nSPS) is 24.1. The minimum Gasteiger partial charge on any atom is -0.392 e. The molecule has 0 aliphatic carbocycles. The van der Waals surface area contributed by atoms with Crippen LogP contribution in [0.4, 0.5) is 5.95 Å². The van der Waals surface area contributed by atoms with Gasteiger partial charge in [0.1, 0.15) is 0 Å². The molecular weight excluding hydrogens is 382 g/mol. The van der Waals surface area contributed by atoms with Crippen molar-refractivity contribution in [1.29, 1.82) is 0 Å². The highest BCUT2D eigenvalue weighted by Gasteiger charge is 2.47. The number of rotatable bonds is 2. The van der Waals surface area contributed by atoms with Gasteiger partial charge in [0.05, 0.1) is 17.4 Å². The number of aromatic nitrogens is 2. The molecule has 0 unspecified atom stereocenters. The molecule has 158 valence electrons. The lowest BCUT2D eigenvalue weighted by atomic mass is 9.71. The summed E-state index contributed by atoms with van der Waals surface area (Å²) in [6.07, 6.45) is 3.02. The zero-order valence-corrected chi connectivity index (χ0v) is 17.1. The van der Waals surface area contributed by atoms with Crippen molar-refractivity contribution in [3.05, 3.63) is 42.1 Å². The van der Waals surface area contributed by atoms with Crippen LogP contribution < -0.4 is 5.73 Å². The highest BCUT2D eigenvalue weighted by molar-refractivity contribution is 6.00. The molecule has 0 radical (unpaired) electrons. The minimum absolute atomic E-state index is 0.00280. The number of amides is 2. The van der Waals surface area contributed by atoms with E-state index in [9.17, 15) is 14.7 Å². The van der Waals surface area contributed by atoms with Gasteiger partial charge in [0.2, 0.25) is 11.9 Å². The molecule has 0 bridgehead atoms. The number of likely N-dealkylation sites (tertiary alicyclic amines) is 2. The lowest BCUT2D eigenvalue weighted by Crippen LogP contribution is -2.60. The SMILES string of the molecule is CC(=O)N1CCC[C@@]2(C1)CN(C(=O)c1cnc(N)nc1-c1ccccc1)CC[C@@H]2O. The monoisotopic (exact) mass is 409 g/mol. The quantitative estimate of drug-likeness (QED) is 0.778. The van der Waals surface area contributed by atoms with Crippen LogP contribution in [-0.4, -0.2) is 69.0 Å². The number of aliphatic hydroxyl groups excluding tert-OH is 1. The van der Waals surface area contributed by atoms with E-state index in [0.29, 0.717) is 43.9 Å². The average molecular weight is 409 g/mol. The van der Waals surface area contributed by atoms with Gasteiger partial charge in [0.15, 0.2) is 0 Å². The van der Waals surface area contributed by atoms with Crippen LogP contribution in [-0.2, 0) is 4.79 Å². The molecule has 8 heteroatoms. The first kappa shape index (κ1) is 20.3. The van der Waals surface area contributed by atoms with Gasteiger partial charge in [-0.3, -0.25) is 9.59 Å². The van der Waals surface area contributed by atoms with Crippen LogP contribution in [0.2, 0.25) is 0 Å². The summed E-state index contributed by atoms with van der Waals surface area (Å²) in [5.41, 5.74) is 6.98. The number of nitrogens with two attached hydrogens (primary N) is 1. The van der Waals surface area contributed by atoms with Crippen LogP contribution >= 0.6 is 0 Å². The zero-order valence-electron chi connectivity index (χ0n) is 17.1. The van der Waals surface area contributed by atoms with Crippen LogP contribution in [0.15, 0.2) is 36.5 Å². The maximum atomic E-state index is 13.5. The largest absolute Gasteiger partial charge is 0.392 e. The van der Waals surface area contributed by atoms with E-state index in [0.717, 1.165) is 18.4 Å². The van der Waals surface area contributed by atoms with E-state index in [1.807, 2.05) is 30.3 Å². The van der Waals surface area contributed by atoms with Crippen LogP contribution in [0.1, 0.15) is 36.5 Å². The Labute approximate surface area is 175 Å². The first-order valence-electron chi connectivity index (χ1n) is 10.3. The molecule has 2 atom stereocenters. The fourth-order valence-electron chi connectivity index (χ4n) is 4.69. The van der Waals surface area contributed by atoms with Crippen molar-refractivity contribution in [2.45, 2.75) is 32.3 Å². The number of carbonyl (C=O) groups excluding carboxylic acids is 2. The molecule has 2 aromatic rings. The van der Waals surface area contributed by atoms with Crippen LogP contribution in [0, 0.1) is 5.41 Å². The molecule has 8 nitrogen and oxygen atoms in total. The second kappa shape index (κ2) is 8.02. The molecule has 2 aliphatic heterocycles. The fraction of sp³-hybridized carbons (Fsp3) is 0.455. The predicted molar refractivity (Wildman–Crippen MR) is 112 cm³/mol. The van der Waals surface area contributed by atoms with Crippen molar-refractivity contribution < 1.29 is 14.7 Å². The molecule has 3 heterocycles. The third-order valence-corrected chi connectivity index (χ3v) is 6.31. The molecule has 4 rings (SSSR count). The van der Waals surface area contributed by atoms with Crippen molar-refractivity contribution in [3.8, 4) is 11.3 Å². The molecule has 2 aliphatic rings. The number of hydrogen-bond donors (Lipinski definition) is 2. The van der Waals surface area contributed by atoms with Gasteiger partial charge < -0.3 is 20.6 Å². The Morgan fingerprint density at radius 2 is 1.90 bits per heavy atom. The Bertz CT molecular complexity index is 951. The van der Waals surface area contributed by atoms with E-state index in [-0.39, 0.29) is 17.8 Å². The molecule has 1 aromatic heterocycles. The average Bonchev–Trinajstić information content (AvgIpc) is 2.76. The van der Waals surface area contributed by atoms with Crippen LogP contribution in [0.25, 0.3) is 11.3 Å². The summed E-state index contributed by atoms with van der Waals surface area (Å²) in [6.45, 7) is 3.56. The number of hydrogen-bond acceptors (Lipinski definition) is 6. The maximum Gasteiger partial charge on any atom is 0.257 e. The number of nitrogen functional groups attached to an aromatic ring is 1. The number of nitrogens with zero attached hydrogens (tertiary/aromatic N) is 4. The van der Waals surface area contributed by atoms with Crippen molar-refractivity contribution in [1.82, 2.24) is 19.8 Å². The smallest absolute Gasteiger partial charge is 0.257 e. The Morgan fingerprint density at radius 3 is 2.63 bits per heavy atom.